The zero-order chi connectivity index (χ0) is 12.1. The molecular weight excluding hydrogens is 244 g/mol. The van der Waals surface area contributed by atoms with E-state index in [4.69, 9.17) is 11.6 Å². The Morgan fingerprint density at radius 3 is 2.72 bits per heavy atom. The molecule has 4 rings (SSSR count). The maximum Gasteiger partial charge on any atom is 0.138 e. The lowest BCUT2D eigenvalue weighted by atomic mass is 10.2. The minimum atomic E-state index is 0.718. The van der Waals surface area contributed by atoms with Gasteiger partial charge in [0.25, 0.3) is 0 Å². The van der Waals surface area contributed by atoms with E-state index < -0.39 is 0 Å². The summed E-state index contributed by atoms with van der Waals surface area (Å²) in [4.78, 5) is 4.60. The first kappa shape index (κ1) is 9.92. The second-order valence-electron chi connectivity index (χ2n) is 4.33. The molecule has 2 nitrogen and oxygen atoms in total. The fraction of sp³-hybridized carbons (Fsp3) is 0. The second-order valence-corrected chi connectivity index (χ2v) is 4.77. The van der Waals surface area contributed by atoms with Crippen molar-refractivity contribution in [1.82, 2.24) is 9.38 Å². The van der Waals surface area contributed by atoms with Crippen LogP contribution in [0.2, 0.25) is 5.02 Å². The first-order chi connectivity index (χ1) is 8.83. The van der Waals surface area contributed by atoms with Gasteiger partial charge < -0.3 is 0 Å². The third-order valence-corrected chi connectivity index (χ3v) is 3.47. The van der Waals surface area contributed by atoms with Crippen LogP contribution in [0.15, 0.2) is 54.6 Å². The number of nitrogens with zero attached hydrogens (tertiary/aromatic N) is 2. The van der Waals surface area contributed by atoms with Gasteiger partial charge in [-0.15, -0.1) is 0 Å². The summed E-state index contributed by atoms with van der Waals surface area (Å²) in [5.74, 6) is 0. The fourth-order valence-electron chi connectivity index (χ4n) is 2.43. The fourth-order valence-corrected chi connectivity index (χ4v) is 2.60. The number of hydrogen-bond donors (Lipinski definition) is 0. The third-order valence-electron chi connectivity index (χ3n) is 3.23. The molecule has 0 aliphatic rings. The Labute approximate surface area is 108 Å². The normalized spacial score (nSPS) is 11.6. The van der Waals surface area contributed by atoms with Gasteiger partial charge in [0, 0.05) is 5.02 Å². The Morgan fingerprint density at radius 1 is 0.889 bits per heavy atom. The molecule has 0 amide bonds. The number of pyridine rings is 1. The summed E-state index contributed by atoms with van der Waals surface area (Å²) >= 11 is 6.02. The Bertz CT molecular complexity index is 893. The lowest BCUT2D eigenvalue weighted by Gasteiger charge is -2.02. The Balaban J connectivity index is 2.33. The number of benzene rings is 2. The van der Waals surface area contributed by atoms with Crippen molar-refractivity contribution in [3.63, 3.8) is 0 Å². The third kappa shape index (κ3) is 1.27. The highest BCUT2D eigenvalue weighted by Gasteiger charge is 2.07. The van der Waals surface area contributed by atoms with Crippen molar-refractivity contribution in [2.45, 2.75) is 0 Å². The average molecular weight is 253 g/mol. The number of aromatic nitrogens is 2. The topological polar surface area (TPSA) is 17.3 Å². The molecule has 0 atom stereocenters. The molecule has 0 bridgehead atoms. The Hall–Kier alpha value is -2.06. The molecule has 2 aromatic heterocycles. The first-order valence-electron chi connectivity index (χ1n) is 5.78. The molecule has 0 unspecified atom stereocenters. The molecule has 18 heavy (non-hydrogen) atoms. The van der Waals surface area contributed by atoms with Crippen molar-refractivity contribution < 1.29 is 0 Å². The van der Waals surface area contributed by atoms with E-state index in [2.05, 4.69) is 27.6 Å². The summed E-state index contributed by atoms with van der Waals surface area (Å²) in [6.45, 7) is 0. The summed E-state index contributed by atoms with van der Waals surface area (Å²) in [6, 6.07) is 18.3. The van der Waals surface area contributed by atoms with Crippen LogP contribution in [0.4, 0.5) is 0 Å². The zero-order valence-electron chi connectivity index (χ0n) is 9.47. The van der Waals surface area contributed by atoms with Crippen LogP contribution in [0.1, 0.15) is 0 Å². The van der Waals surface area contributed by atoms with Crippen LogP contribution in [0.3, 0.4) is 0 Å². The van der Waals surface area contributed by atoms with Gasteiger partial charge in [-0.2, -0.15) is 0 Å². The molecule has 0 saturated carbocycles. The highest BCUT2D eigenvalue weighted by atomic mass is 35.5. The molecule has 3 heteroatoms. The van der Waals surface area contributed by atoms with Gasteiger partial charge in [-0.25, -0.2) is 4.98 Å². The highest BCUT2D eigenvalue weighted by Crippen LogP contribution is 2.24. The standard InChI is InChI=1S/C15H9ClN2/c16-11-6-7-14-12(9-11)17-15-8-5-10-3-1-2-4-13(10)18(14)15/h1-9H. The van der Waals surface area contributed by atoms with E-state index >= 15 is 0 Å². The van der Waals surface area contributed by atoms with Gasteiger partial charge in [0.15, 0.2) is 0 Å². The number of fused-ring (bicyclic) bond motifs is 5. The molecular formula is C15H9ClN2. The van der Waals surface area contributed by atoms with Crippen LogP contribution < -0.4 is 0 Å². The predicted molar refractivity (Wildman–Crippen MR) is 75.2 cm³/mol. The maximum absolute atomic E-state index is 6.02. The van der Waals surface area contributed by atoms with Gasteiger partial charge in [0.1, 0.15) is 5.65 Å². The summed E-state index contributed by atoms with van der Waals surface area (Å²) in [6.07, 6.45) is 0. The van der Waals surface area contributed by atoms with Gasteiger partial charge in [0.2, 0.25) is 0 Å². The van der Waals surface area contributed by atoms with E-state index in [9.17, 15) is 0 Å². The molecule has 4 aromatic rings. The van der Waals surface area contributed by atoms with Gasteiger partial charge in [-0.3, -0.25) is 4.40 Å². The van der Waals surface area contributed by atoms with Crippen LogP contribution >= 0.6 is 11.6 Å². The van der Waals surface area contributed by atoms with Gasteiger partial charge >= 0.3 is 0 Å². The Morgan fingerprint density at radius 2 is 1.78 bits per heavy atom. The molecule has 0 spiro atoms. The van der Waals surface area contributed by atoms with Crippen LogP contribution in [-0.4, -0.2) is 9.38 Å². The van der Waals surface area contributed by atoms with Gasteiger partial charge in [-0.05, 0) is 41.8 Å². The molecule has 0 fully saturated rings. The van der Waals surface area contributed by atoms with Crippen LogP contribution in [0.5, 0.6) is 0 Å². The van der Waals surface area contributed by atoms with Crippen molar-refractivity contribution in [2.75, 3.05) is 0 Å². The molecule has 2 heterocycles. The number of hydrogen-bond acceptors (Lipinski definition) is 1. The van der Waals surface area contributed by atoms with E-state index in [0.717, 1.165) is 21.7 Å². The minimum absolute atomic E-state index is 0.718. The van der Waals surface area contributed by atoms with Crippen molar-refractivity contribution in [2.24, 2.45) is 0 Å². The number of halogens is 1. The zero-order valence-corrected chi connectivity index (χ0v) is 10.2. The van der Waals surface area contributed by atoms with E-state index in [0.29, 0.717) is 0 Å². The largest absolute Gasteiger partial charge is 0.292 e. The van der Waals surface area contributed by atoms with Gasteiger partial charge in [0.05, 0.1) is 16.6 Å². The van der Waals surface area contributed by atoms with E-state index in [1.165, 1.54) is 10.9 Å². The smallest absolute Gasteiger partial charge is 0.138 e. The summed E-state index contributed by atoms with van der Waals surface area (Å²) < 4.78 is 2.17. The highest BCUT2D eigenvalue weighted by molar-refractivity contribution is 6.31. The number of imidazole rings is 1. The lowest BCUT2D eigenvalue weighted by Crippen LogP contribution is -1.87. The SMILES string of the molecule is Clc1ccc2c(c1)nc1ccc3ccccc3n12. The summed E-state index contributed by atoms with van der Waals surface area (Å²) in [7, 11) is 0. The second kappa shape index (κ2) is 3.47. The molecule has 0 saturated heterocycles. The summed E-state index contributed by atoms with van der Waals surface area (Å²) in [5, 5.41) is 1.93. The van der Waals surface area contributed by atoms with Crippen molar-refractivity contribution in [3.8, 4) is 0 Å². The number of rotatable bonds is 0. The summed E-state index contributed by atoms with van der Waals surface area (Å²) in [5.41, 5.74) is 4.14. The van der Waals surface area contributed by atoms with E-state index in [-0.39, 0.29) is 0 Å². The lowest BCUT2D eigenvalue weighted by molar-refractivity contribution is 1.30. The maximum atomic E-state index is 6.02. The predicted octanol–water partition coefficient (Wildman–Crippen LogP) is 4.29. The molecule has 0 aliphatic heterocycles. The number of para-hydroxylation sites is 1. The van der Waals surface area contributed by atoms with Crippen molar-refractivity contribution in [3.05, 3.63) is 59.6 Å². The van der Waals surface area contributed by atoms with Crippen LogP contribution in [-0.2, 0) is 0 Å². The van der Waals surface area contributed by atoms with E-state index in [1.807, 2.05) is 36.4 Å². The minimum Gasteiger partial charge on any atom is -0.292 e. The monoisotopic (exact) mass is 252 g/mol. The van der Waals surface area contributed by atoms with Crippen molar-refractivity contribution >= 4 is 39.2 Å². The Kier molecular flexibility index (Phi) is 1.91. The van der Waals surface area contributed by atoms with Crippen LogP contribution in [0.25, 0.3) is 27.6 Å². The molecule has 0 radical (unpaired) electrons. The van der Waals surface area contributed by atoms with E-state index in [1.54, 1.807) is 0 Å². The van der Waals surface area contributed by atoms with Crippen molar-refractivity contribution in [1.29, 1.82) is 0 Å². The van der Waals surface area contributed by atoms with Crippen LogP contribution in [0, 0.1) is 0 Å². The molecule has 0 aliphatic carbocycles. The quantitative estimate of drug-likeness (QED) is 0.456. The van der Waals surface area contributed by atoms with Gasteiger partial charge in [-0.1, -0.05) is 29.8 Å². The molecule has 2 aromatic carbocycles. The molecule has 86 valence electrons. The first-order valence-corrected chi connectivity index (χ1v) is 6.16. The molecule has 0 N–H and O–H groups in total. The average Bonchev–Trinajstić information content (AvgIpc) is 2.76.